The van der Waals surface area contributed by atoms with Gasteiger partial charge in [-0.05, 0) is 98.7 Å². The predicted octanol–water partition coefficient (Wildman–Crippen LogP) is 3.93. The third-order valence-electron chi connectivity index (χ3n) is 8.82. The number of likely N-dealkylation sites (N-methyl/N-ethyl adjacent to an activating group) is 3. The summed E-state index contributed by atoms with van der Waals surface area (Å²) in [5, 5.41) is 2.47. The molecule has 0 spiro atoms. The van der Waals surface area contributed by atoms with Crippen LogP contribution in [0.5, 0.6) is 0 Å². The molecule has 3 aromatic carbocycles. The number of esters is 2. The van der Waals surface area contributed by atoms with Crippen molar-refractivity contribution in [2.45, 2.75) is 93.6 Å². The zero-order valence-electron chi connectivity index (χ0n) is 34.5. The van der Waals surface area contributed by atoms with E-state index in [0.29, 0.717) is 0 Å². The van der Waals surface area contributed by atoms with Crippen molar-refractivity contribution in [3.05, 3.63) is 89.5 Å². The third-order valence-corrected chi connectivity index (χ3v) is 14.6. The van der Waals surface area contributed by atoms with E-state index < -0.39 is 58.6 Å². The van der Waals surface area contributed by atoms with Crippen molar-refractivity contribution in [2.24, 2.45) is 0 Å². The largest absolute Gasteiger partial charge is 0.468 e. The Hall–Kier alpha value is -4.20. The van der Waals surface area contributed by atoms with E-state index in [9.17, 15) is 39.6 Å². The van der Waals surface area contributed by atoms with Crippen LogP contribution in [0, 0.1) is 20.8 Å². The zero-order valence-corrected chi connectivity index (χ0v) is 37.0. The van der Waals surface area contributed by atoms with E-state index in [1.54, 1.807) is 62.4 Å². The minimum Gasteiger partial charge on any atom is -0.468 e. The lowest BCUT2D eigenvalue weighted by molar-refractivity contribution is -0.149. The topological polar surface area (TPSA) is 203 Å². The number of nitrogens with one attached hydrogen (secondary N) is 2. The Bertz CT molecular complexity index is 2040. The fraction of sp³-hybridized carbons (Fsp3) is 0.447. The van der Waals surface area contributed by atoms with Crippen molar-refractivity contribution >= 4 is 47.9 Å². The summed E-state index contributed by atoms with van der Waals surface area (Å²) < 4.78 is 87.5. The standard InChI is InChI=1S/C13H20N2O3S.C13H19NO4S.C12H17NO4S/c1-10-6-8-11(9-7-10)19(17,18)15(5)13(2,3)12(16)14-4;1-10-6-8-11(9-7-10)19(16,17)14(4)13(2,3)12(15)18-5;1-9-5-7-10(8-6-9)18(15,16)13-12(2,3)11(14)17-4/h6-9H,1-5H3,(H,14,16);6-9H,1-5H3;5-8,13H,1-4H3. The highest BCUT2D eigenvalue weighted by Crippen LogP contribution is 2.25. The number of ether oxygens (including phenoxy) is 2. The van der Waals surface area contributed by atoms with Gasteiger partial charge in [0.1, 0.15) is 16.6 Å². The van der Waals surface area contributed by atoms with Crippen molar-refractivity contribution in [3.8, 4) is 0 Å². The van der Waals surface area contributed by atoms with Crippen molar-refractivity contribution in [1.82, 2.24) is 18.6 Å². The molecular weight excluding hydrogens is 785 g/mol. The Morgan fingerprint density at radius 3 is 1.14 bits per heavy atom. The van der Waals surface area contributed by atoms with Crippen LogP contribution in [0.4, 0.5) is 0 Å². The van der Waals surface area contributed by atoms with Crippen LogP contribution in [0.2, 0.25) is 0 Å². The summed E-state index contributed by atoms with van der Waals surface area (Å²) >= 11 is 0. The van der Waals surface area contributed by atoms with Gasteiger partial charge in [-0.25, -0.2) is 25.3 Å². The molecule has 3 aromatic rings. The number of benzene rings is 3. The lowest BCUT2D eigenvalue weighted by atomic mass is 10.1. The average molecular weight is 841 g/mol. The molecule has 0 radical (unpaired) electrons. The molecule has 1 amide bonds. The number of carbonyl (C=O) groups is 3. The number of sulfonamides is 3. The first-order valence-electron chi connectivity index (χ1n) is 17.1. The molecule has 2 N–H and O–H groups in total. The summed E-state index contributed by atoms with van der Waals surface area (Å²) in [5.41, 5.74) is -0.822. The van der Waals surface area contributed by atoms with E-state index in [2.05, 4.69) is 19.5 Å². The van der Waals surface area contributed by atoms with E-state index >= 15 is 0 Å². The molecule has 0 aliphatic carbocycles. The fourth-order valence-electron chi connectivity index (χ4n) is 4.57. The number of amides is 1. The van der Waals surface area contributed by atoms with Gasteiger partial charge in [0.25, 0.3) is 0 Å². The molecule has 0 unspecified atom stereocenters. The molecule has 0 aliphatic heterocycles. The number of hydrogen-bond acceptors (Lipinski definition) is 11. The smallest absolute Gasteiger partial charge is 0.326 e. The van der Waals surface area contributed by atoms with E-state index in [-0.39, 0.29) is 20.6 Å². The van der Waals surface area contributed by atoms with Crippen LogP contribution in [-0.2, 0) is 53.9 Å². The maximum Gasteiger partial charge on any atom is 0.326 e. The summed E-state index contributed by atoms with van der Waals surface area (Å²) in [6.45, 7) is 14.7. The number of nitrogens with zero attached hydrogens (tertiary/aromatic N) is 2. The number of carbonyl (C=O) groups excluding carboxylic acids is 3. The highest BCUT2D eigenvalue weighted by atomic mass is 32.2. The van der Waals surface area contributed by atoms with Gasteiger partial charge in [0.2, 0.25) is 36.0 Å². The highest BCUT2D eigenvalue weighted by molar-refractivity contribution is 7.90. The molecule has 0 aliphatic rings. The van der Waals surface area contributed by atoms with Crippen LogP contribution < -0.4 is 10.0 Å². The second kappa shape index (κ2) is 19.3. The first kappa shape index (κ1) is 49.8. The van der Waals surface area contributed by atoms with E-state index in [1.165, 1.54) is 87.3 Å². The normalized spacial score (nSPS) is 12.4. The summed E-state index contributed by atoms with van der Waals surface area (Å²) in [6, 6.07) is 19.4. The average Bonchev–Trinajstić information content (AvgIpc) is 3.13. The van der Waals surface area contributed by atoms with E-state index in [0.717, 1.165) is 25.3 Å². The summed E-state index contributed by atoms with van der Waals surface area (Å²) in [6.07, 6.45) is 0. The molecule has 0 saturated heterocycles. The van der Waals surface area contributed by atoms with Gasteiger partial charge in [0.15, 0.2) is 0 Å². The third kappa shape index (κ3) is 12.4. The molecule has 56 heavy (non-hydrogen) atoms. The molecule has 0 bridgehead atoms. The maximum atomic E-state index is 12.5. The molecule has 0 fully saturated rings. The van der Waals surface area contributed by atoms with Gasteiger partial charge in [0.05, 0.1) is 28.9 Å². The maximum absolute atomic E-state index is 12.5. The summed E-state index contributed by atoms with van der Waals surface area (Å²) in [7, 11) is -4.47. The highest BCUT2D eigenvalue weighted by Gasteiger charge is 2.41. The summed E-state index contributed by atoms with van der Waals surface area (Å²) in [4.78, 5) is 35.4. The Balaban J connectivity index is 0.000000420. The number of hydrogen-bond donors (Lipinski definition) is 2. The van der Waals surface area contributed by atoms with Crippen molar-refractivity contribution in [3.63, 3.8) is 0 Å². The van der Waals surface area contributed by atoms with E-state index in [4.69, 9.17) is 0 Å². The van der Waals surface area contributed by atoms with Crippen LogP contribution >= 0.6 is 0 Å². The molecule has 0 atom stereocenters. The molecule has 0 saturated carbocycles. The fourth-order valence-corrected chi connectivity index (χ4v) is 8.89. The van der Waals surface area contributed by atoms with Crippen LogP contribution in [-0.4, -0.2) is 104 Å². The van der Waals surface area contributed by atoms with Gasteiger partial charge in [-0.15, -0.1) is 0 Å². The lowest BCUT2D eigenvalue weighted by Gasteiger charge is -2.32. The Labute approximate surface area is 332 Å². The zero-order chi connectivity index (χ0) is 43.7. The monoisotopic (exact) mass is 840 g/mol. The van der Waals surface area contributed by atoms with Crippen LogP contribution in [0.1, 0.15) is 58.2 Å². The summed E-state index contributed by atoms with van der Waals surface area (Å²) in [5.74, 6) is -1.60. The Kier molecular flexibility index (Phi) is 17.2. The van der Waals surface area contributed by atoms with Crippen molar-refractivity contribution < 1.29 is 49.1 Å². The molecule has 3 rings (SSSR count). The number of aryl methyl sites for hydroxylation is 3. The van der Waals surface area contributed by atoms with Gasteiger partial charge in [-0.2, -0.15) is 13.3 Å². The van der Waals surface area contributed by atoms with Gasteiger partial charge in [-0.3, -0.25) is 14.4 Å². The van der Waals surface area contributed by atoms with Gasteiger partial charge in [-0.1, -0.05) is 53.1 Å². The van der Waals surface area contributed by atoms with Crippen molar-refractivity contribution in [2.75, 3.05) is 35.4 Å². The van der Waals surface area contributed by atoms with Crippen molar-refractivity contribution in [1.29, 1.82) is 0 Å². The lowest BCUT2D eigenvalue weighted by Crippen LogP contribution is -2.54. The molecule has 0 aromatic heterocycles. The first-order chi connectivity index (χ1) is 25.5. The number of methoxy groups -OCH3 is 2. The Morgan fingerprint density at radius 1 is 0.536 bits per heavy atom. The molecular formula is C38H56N4O11S3. The van der Waals surface area contributed by atoms with Gasteiger partial charge < -0.3 is 14.8 Å². The van der Waals surface area contributed by atoms with Crippen LogP contribution in [0.3, 0.4) is 0 Å². The molecule has 0 heterocycles. The van der Waals surface area contributed by atoms with E-state index in [1.807, 2.05) is 20.8 Å². The predicted molar refractivity (Wildman–Crippen MR) is 214 cm³/mol. The molecule has 18 heteroatoms. The second-order valence-electron chi connectivity index (χ2n) is 14.3. The second-order valence-corrected chi connectivity index (χ2v) is 19.9. The van der Waals surface area contributed by atoms with Gasteiger partial charge in [0, 0.05) is 21.1 Å². The minimum absolute atomic E-state index is 0.116. The quantitative estimate of drug-likeness (QED) is 0.250. The Morgan fingerprint density at radius 2 is 0.839 bits per heavy atom. The number of rotatable bonds is 12. The van der Waals surface area contributed by atoms with Gasteiger partial charge >= 0.3 is 11.9 Å². The SMILES string of the molecule is CNC(=O)C(C)(C)N(C)S(=O)(=O)c1ccc(C)cc1.COC(=O)C(C)(C)N(C)S(=O)(=O)c1ccc(C)cc1.COC(=O)C(C)(C)NS(=O)(=O)c1ccc(C)cc1. The minimum atomic E-state index is -3.74. The van der Waals surface area contributed by atoms with Crippen LogP contribution in [0.15, 0.2) is 87.5 Å². The first-order valence-corrected chi connectivity index (χ1v) is 21.4. The van der Waals surface area contributed by atoms with Crippen LogP contribution in [0.25, 0.3) is 0 Å². The molecule has 312 valence electrons. The molecule has 15 nitrogen and oxygen atoms in total.